The highest BCUT2D eigenvalue weighted by atomic mass is 16.6. The number of hydrogen-bond acceptors (Lipinski definition) is 8. The minimum absolute atomic E-state index is 0.0141. The normalized spacial score (nSPS) is 22.4. The maximum atomic E-state index is 12.5. The van der Waals surface area contributed by atoms with E-state index in [1.165, 1.54) is 0 Å². The van der Waals surface area contributed by atoms with Gasteiger partial charge in [0, 0.05) is 23.3 Å². The lowest BCUT2D eigenvalue weighted by atomic mass is 10.1. The van der Waals surface area contributed by atoms with E-state index in [-0.39, 0.29) is 24.2 Å². The minimum Gasteiger partial charge on any atom is -0.444 e. The van der Waals surface area contributed by atoms with Gasteiger partial charge in [0.2, 0.25) is 5.95 Å². The van der Waals surface area contributed by atoms with Gasteiger partial charge < -0.3 is 31.7 Å². The predicted molar refractivity (Wildman–Crippen MR) is 136 cm³/mol. The monoisotopic (exact) mass is 465 g/mol. The molecule has 6 N–H and O–H groups in total. The zero-order chi connectivity index (χ0) is 24.5. The number of alkyl carbamates (subject to hydrolysis) is 1. The lowest BCUT2D eigenvalue weighted by molar-refractivity contribution is 0.0501. The number of carbonyl (C=O) groups is 1. The smallest absolute Gasteiger partial charge is 0.407 e. The minimum atomic E-state index is -0.536. The number of carbonyl (C=O) groups excluding carboxylic acids is 1. The van der Waals surface area contributed by atoms with Crippen molar-refractivity contribution in [3.63, 3.8) is 0 Å². The number of amides is 1. The third-order valence-corrected chi connectivity index (χ3v) is 6.16. The molecule has 2 heterocycles. The van der Waals surface area contributed by atoms with Crippen molar-refractivity contribution in [3.05, 3.63) is 42.1 Å². The summed E-state index contributed by atoms with van der Waals surface area (Å²) in [6, 6.07) is 7.88. The van der Waals surface area contributed by atoms with Crippen molar-refractivity contribution in [1.29, 1.82) is 0 Å². The number of nitrogen functional groups attached to an aromatic ring is 1. The standard InChI is InChI=1S/C25H35N7O2/c1-5-18(27)17-14-28-23(31-22(17)29-16-12-10-15(26)11-13-16)32-20-9-7-6-8-19(21(20)32)30-24(33)34-25(2,3)4/h5,10-14,19-21H,6-9,26-27H2,1-4H3,(H,30,33)(H,28,29,31)/b18-5+. The predicted octanol–water partition coefficient (Wildman–Crippen LogP) is 4.15. The molecule has 2 aromatic rings. The summed E-state index contributed by atoms with van der Waals surface area (Å²) in [4.78, 5) is 24.2. The van der Waals surface area contributed by atoms with Crippen LogP contribution in [0.2, 0.25) is 0 Å². The number of nitrogens with one attached hydrogen (secondary N) is 2. The van der Waals surface area contributed by atoms with E-state index in [4.69, 9.17) is 21.2 Å². The number of hydrogen-bond donors (Lipinski definition) is 4. The van der Waals surface area contributed by atoms with Gasteiger partial charge in [-0.15, -0.1) is 0 Å². The van der Waals surface area contributed by atoms with Crippen molar-refractivity contribution in [1.82, 2.24) is 15.3 Å². The fraction of sp³-hybridized carbons (Fsp3) is 0.480. The van der Waals surface area contributed by atoms with E-state index in [1.807, 2.05) is 58.0 Å². The number of nitrogens with zero attached hydrogens (tertiary/aromatic N) is 3. The van der Waals surface area contributed by atoms with Crippen LogP contribution in [0, 0.1) is 0 Å². The van der Waals surface area contributed by atoms with Gasteiger partial charge in [0.1, 0.15) is 11.4 Å². The molecule has 1 amide bonds. The van der Waals surface area contributed by atoms with Crippen LogP contribution in [0.15, 0.2) is 36.5 Å². The van der Waals surface area contributed by atoms with Crippen LogP contribution in [0.5, 0.6) is 0 Å². The van der Waals surface area contributed by atoms with E-state index in [9.17, 15) is 4.79 Å². The Morgan fingerprint density at radius 3 is 2.59 bits per heavy atom. The Kier molecular flexibility index (Phi) is 6.54. The molecule has 182 valence electrons. The summed E-state index contributed by atoms with van der Waals surface area (Å²) in [6.45, 7) is 7.49. The summed E-state index contributed by atoms with van der Waals surface area (Å²) >= 11 is 0. The Bertz CT molecular complexity index is 1060. The molecule has 1 saturated heterocycles. The molecule has 34 heavy (non-hydrogen) atoms. The lowest BCUT2D eigenvalue weighted by Crippen LogP contribution is -2.43. The highest BCUT2D eigenvalue weighted by molar-refractivity contribution is 5.76. The van der Waals surface area contributed by atoms with E-state index in [0.29, 0.717) is 23.2 Å². The zero-order valence-corrected chi connectivity index (χ0v) is 20.3. The summed E-state index contributed by atoms with van der Waals surface area (Å²) in [5.41, 5.74) is 14.4. The summed E-state index contributed by atoms with van der Waals surface area (Å²) in [5, 5.41) is 6.45. The van der Waals surface area contributed by atoms with Gasteiger partial charge in [0.05, 0.1) is 23.7 Å². The van der Waals surface area contributed by atoms with Gasteiger partial charge >= 0.3 is 6.09 Å². The highest BCUT2D eigenvalue weighted by Crippen LogP contribution is 2.42. The van der Waals surface area contributed by atoms with Gasteiger partial charge in [-0.25, -0.2) is 9.78 Å². The molecule has 1 aliphatic carbocycles. The van der Waals surface area contributed by atoms with Gasteiger partial charge in [0.25, 0.3) is 0 Å². The first-order valence-corrected chi connectivity index (χ1v) is 11.9. The first-order chi connectivity index (χ1) is 16.2. The van der Waals surface area contributed by atoms with Crippen LogP contribution in [-0.2, 0) is 4.74 Å². The van der Waals surface area contributed by atoms with Gasteiger partial charge in [0.15, 0.2) is 0 Å². The second-order valence-corrected chi connectivity index (χ2v) is 9.93. The summed E-state index contributed by atoms with van der Waals surface area (Å²) in [5.74, 6) is 1.25. The zero-order valence-electron chi connectivity index (χ0n) is 20.3. The molecule has 1 aromatic heterocycles. The molecule has 1 aromatic carbocycles. The maximum absolute atomic E-state index is 12.5. The van der Waals surface area contributed by atoms with E-state index in [0.717, 1.165) is 36.9 Å². The number of benzene rings is 1. The number of ether oxygens (including phenoxy) is 1. The Morgan fingerprint density at radius 2 is 1.91 bits per heavy atom. The third kappa shape index (κ3) is 5.35. The van der Waals surface area contributed by atoms with Crippen LogP contribution in [0.4, 0.5) is 27.9 Å². The molecule has 0 bridgehead atoms. The average molecular weight is 466 g/mol. The lowest BCUT2D eigenvalue weighted by Gasteiger charge is -2.23. The summed E-state index contributed by atoms with van der Waals surface area (Å²) < 4.78 is 5.50. The molecule has 9 heteroatoms. The van der Waals surface area contributed by atoms with Crippen molar-refractivity contribution in [2.75, 3.05) is 16.0 Å². The Hall–Kier alpha value is -3.49. The molecule has 9 nitrogen and oxygen atoms in total. The van der Waals surface area contributed by atoms with Crippen molar-refractivity contribution in [3.8, 4) is 0 Å². The molecule has 3 unspecified atom stereocenters. The van der Waals surface area contributed by atoms with E-state index >= 15 is 0 Å². The molecule has 2 aliphatic rings. The molecule has 1 aliphatic heterocycles. The van der Waals surface area contributed by atoms with Crippen LogP contribution in [0.1, 0.15) is 58.9 Å². The summed E-state index contributed by atoms with van der Waals surface area (Å²) in [6.07, 6.45) is 7.32. The van der Waals surface area contributed by atoms with E-state index in [2.05, 4.69) is 20.5 Å². The van der Waals surface area contributed by atoms with Crippen molar-refractivity contribution in [2.45, 2.75) is 77.1 Å². The highest BCUT2D eigenvalue weighted by Gasteiger charge is 2.54. The van der Waals surface area contributed by atoms with Crippen LogP contribution < -0.4 is 27.0 Å². The van der Waals surface area contributed by atoms with Crippen molar-refractivity contribution in [2.24, 2.45) is 5.73 Å². The number of nitrogens with two attached hydrogens (primary N) is 2. The fourth-order valence-corrected chi connectivity index (χ4v) is 4.52. The molecule has 0 radical (unpaired) electrons. The number of allylic oxidation sites excluding steroid dienone is 1. The van der Waals surface area contributed by atoms with E-state index in [1.54, 1.807) is 6.20 Å². The third-order valence-electron chi connectivity index (χ3n) is 6.16. The van der Waals surface area contributed by atoms with Crippen molar-refractivity contribution >= 4 is 34.9 Å². The molecule has 4 rings (SSSR count). The Labute approximate surface area is 201 Å². The Balaban J connectivity index is 1.58. The van der Waals surface area contributed by atoms with E-state index < -0.39 is 5.60 Å². The number of fused-ring (bicyclic) bond motifs is 1. The average Bonchev–Trinajstić information content (AvgIpc) is 3.52. The quantitative estimate of drug-likeness (QED) is 0.383. The first kappa shape index (κ1) is 23.7. The topological polar surface area (TPSA) is 131 Å². The molecule has 3 atom stereocenters. The van der Waals surface area contributed by atoms with Crippen LogP contribution in [0.25, 0.3) is 5.70 Å². The molecular weight excluding hydrogens is 430 g/mol. The number of aromatic nitrogens is 2. The fourth-order valence-electron chi connectivity index (χ4n) is 4.52. The largest absolute Gasteiger partial charge is 0.444 e. The molecule has 1 saturated carbocycles. The number of rotatable bonds is 5. The maximum Gasteiger partial charge on any atom is 0.407 e. The molecule has 2 fully saturated rings. The van der Waals surface area contributed by atoms with Crippen LogP contribution >= 0.6 is 0 Å². The van der Waals surface area contributed by atoms with Gasteiger partial charge in [-0.3, -0.25) is 0 Å². The summed E-state index contributed by atoms with van der Waals surface area (Å²) in [7, 11) is 0. The molecular formula is C25H35N7O2. The van der Waals surface area contributed by atoms with Gasteiger partial charge in [-0.05, 0) is 64.8 Å². The number of anilines is 4. The first-order valence-electron chi connectivity index (χ1n) is 11.9. The van der Waals surface area contributed by atoms with Crippen LogP contribution in [0.3, 0.4) is 0 Å². The second kappa shape index (κ2) is 9.40. The second-order valence-electron chi connectivity index (χ2n) is 9.93. The van der Waals surface area contributed by atoms with Gasteiger partial charge in [-0.2, -0.15) is 4.98 Å². The SMILES string of the molecule is C/C=C(/N)c1cnc(N2C3CCCCC(NC(=O)OC(C)(C)C)C32)nc1Nc1ccc(N)cc1. The molecule has 0 spiro atoms. The van der Waals surface area contributed by atoms with Crippen LogP contribution in [-0.4, -0.2) is 39.8 Å². The van der Waals surface area contributed by atoms with Crippen molar-refractivity contribution < 1.29 is 9.53 Å². The Morgan fingerprint density at radius 1 is 1.21 bits per heavy atom. The van der Waals surface area contributed by atoms with Gasteiger partial charge in [-0.1, -0.05) is 18.9 Å².